The van der Waals surface area contributed by atoms with Crippen molar-refractivity contribution in [2.45, 2.75) is 39.3 Å². The number of hydrogen-bond donors (Lipinski definition) is 3. The van der Waals surface area contributed by atoms with Gasteiger partial charge in [0, 0.05) is 5.02 Å². The molecule has 0 bridgehead atoms. The van der Waals surface area contributed by atoms with Gasteiger partial charge in [-0.3, -0.25) is 0 Å². The third kappa shape index (κ3) is 5.27. The van der Waals surface area contributed by atoms with Crippen molar-refractivity contribution >= 4 is 23.6 Å². The van der Waals surface area contributed by atoms with Crippen LogP contribution in [-0.4, -0.2) is 23.1 Å². The van der Waals surface area contributed by atoms with Crippen molar-refractivity contribution in [1.29, 1.82) is 0 Å². The van der Waals surface area contributed by atoms with Crippen LogP contribution < -0.4 is 10.6 Å². The molecule has 1 aromatic carbocycles. The largest absolute Gasteiger partial charge is 0.480 e. The third-order valence-electron chi connectivity index (χ3n) is 3.48. The van der Waals surface area contributed by atoms with E-state index in [1.165, 1.54) is 0 Å². The SMILES string of the molecule is CC[C@H](C)[C@H](NC(=O)NC(C)c1ccc(Cl)cc1)C(=O)O. The summed E-state index contributed by atoms with van der Waals surface area (Å²) in [7, 11) is 0. The van der Waals surface area contributed by atoms with Crippen LogP contribution in [0, 0.1) is 5.92 Å². The number of aliphatic carboxylic acids is 1. The molecule has 3 N–H and O–H groups in total. The maximum atomic E-state index is 11.9. The summed E-state index contributed by atoms with van der Waals surface area (Å²) < 4.78 is 0. The average molecular weight is 313 g/mol. The molecule has 0 radical (unpaired) electrons. The van der Waals surface area contributed by atoms with Gasteiger partial charge < -0.3 is 15.7 Å². The number of carboxylic acid groups (broad SMARTS) is 1. The van der Waals surface area contributed by atoms with Crippen LogP contribution >= 0.6 is 11.6 Å². The van der Waals surface area contributed by atoms with Gasteiger partial charge >= 0.3 is 12.0 Å². The van der Waals surface area contributed by atoms with Crippen molar-refractivity contribution in [3.63, 3.8) is 0 Å². The van der Waals surface area contributed by atoms with E-state index in [4.69, 9.17) is 16.7 Å². The lowest BCUT2D eigenvalue weighted by Crippen LogP contribution is -2.49. The maximum absolute atomic E-state index is 11.9. The molecule has 0 aliphatic heterocycles. The molecule has 1 rings (SSSR count). The van der Waals surface area contributed by atoms with Crippen molar-refractivity contribution in [2.24, 2.45) is 5.92 Å². The summed E-state index contributed by atoms with van der Waals surface area (Å²) in [5, 5.41) is 15.0. The minimum atomic E-state index is -1.03. The molecule has 6 heteroatoms. The highest BCUT2D eigenvalue weighted by Gasteiger charge is 2.25. The number of rotatable bonds is 6. The molecule has 1 unspecified atom stereocenters. The molecule has 0 heterocycles. The minimum Gasteiger partial charge on any atom is -0.480 e. The fourth-order valence-electron chi connectivity index (χ4n) is 1.90. The molecule has 5 nitrogen and oxygen atoms in total. The first-order valence-electron chi connectivity index (χ1n) is 6.90. The molecule has 3 atom stereocenters. The molecular weight excluding hydrogens is 292 g/mol. The van der Waals surface area contributed by atoms with Gasteiger partial charge in [0.1, 0.15) is 6.04 Å². The van der Waals surface area contributed by atoms with E-state index in [1.54, 1.807) is 19.1 Å². The lowest BCUT2D eigenvalue weighted by Gasteiger charge is -2.22. The summed E-state index contributed by atoms with van der Waals surface area (Å²) in [5.41, 5.74) is 0.893. The van der Waals surface area contributed by atoms with Gasteiger partial charge in [-0.2, -0.15) is 0 Å². The standard InChI is InChI=1S/C15H21ClN2O3/c1-4-9(2)13(14(19)20)18-15(21)17-10(3)11-5-7-12(16)8-6-11/h5-10,13H,4H2,1-3H3,(H,19,20)(H2,17,18,21)/t9-,10?,13-/m0/s1. The Kier molecular flexibility index (Phi) is 6.49. The van der Waals surface area contributed by atoms with E-state index >= 15 is 0 Å². The normalized spacial score (nSPS) is 14.9. The number of carboxylic acids is 1. The second kappa shape index (κ2) is 7.88. The predicted molar refractivity (Wildman–Crippen MR) is 82.4 cm³/mol. The highest BCUT2D eigenvalue weighted by molar-refractivity contribution is 6.30. The lowest BCUT2D eigenvalue weighted by atomic mass is 9.99. The summed E-state index contributed by atoms with van der Waals surface area (Å²) in [6, 6.07) is 5.48. The van der Waals surface area contributed by atoms with Crippen molar-refractivity contribution in [3.8, 4) is 0 Å². The van der Waals surface area contributed by atoms with Crippen LogP contribution in [0.15, 0.2) is 24.3 Å². The fourth-order valence-corrected chi connectivity index (χ4v) is 2.02. The first-order valence-corrected chi connectivity index (χ1v) is 7.28. The number of carbonyl (C=O) groups is 2. The van der Waals surface area contributed by atoms with Gasteiger partial charge in [0.25, 0.3) is 0 Å². The van der Waals surface area contributed by atoms with E-state index in [2.05, 4.69) is 10.6 Å². The molecule has 21 heavy (non-hydrogen) atoms. The Morgan fingerprint density at radius 2 is 1.76 bits per heavy atom. The van der Waals surface area contributed by atoms with Crippen molar-refractivity contribution in [2.75, 3.05) is 0 Å². The van der Waals surface area contributed by atoms with Crippen LogP contribution in [0.25, 0.3) is 0 Å². The zero-order valence-electron chi connectivity index (χ0n) is 12.4. The zero-order valence-corrected chi connectivity index (χ0v) is 13.1. The summed E-state index contributed by atoms with van der Waals surface area (Å²) in [4.78, 5) is 23.1. The minimum absolute atomic E-state index is 0.140. The van der Waals surface area contributed by atoms with Gasteiger partial charge in [-0.15, -0.1) is 0 Å². The fraction of sp³-hybridized carbons (Fsp3) is 0.467. The molecular formula is C15H21ClN2O3. The van der Waals surface area contributed by atoms with Gasteiger partial charge in [0.15, 0.2) is 0 Å². The summed E-state index contributed by atoms with van der Waals surface area (Å²) in [5.74, 6) is -1.17. The first-order chi connectivity index (χ1) is 9.85. The lowest BCUT2D eigenvalue weighted by molar-refractivity contribution is -0.140. The Morgan fingerprint density at radius 3 is 2.24 bits per heavy atom. The molecule has 116 valence electrons. The zero-order chi connectivity index (χ0) is 16.0. The highest BCUT2D eigenvalue weighted by atomic mass is 35.5. The Hall–Kier alpha value is -1.75. The van der Waals surface area contributed by atoms with Crippen molar-refractivity contribution in [3.05, 3.63) is 34.9 Å². The molecule has 0 aliphatic rings. The second-order valence-corrected chi connectivity index (χ2v) is 5.53. The van der Waals surface area contributed by atoms with E-state index in [0.29, 0.717) is 11.4 Å². The number of benzene rings is 1. The number of hydrogen-bond acceptors (Lipinski definition) is 2. The molecule has 2 amide bonds. The van der Waals surface area contributed by atoms with Crippen LogP contribution in [0.4, 0.5) is 4.79 Å². The Morgan fingerprint density at radius 1 is 1.19 bits per heavy atom. The van der Waals surface area contributed by atoms with E-state index < -0.39 is 18.0 Å². The van der Waals surface area contributed by atoms with Gasteiger partial charge in [-0.1, -0.05) is 44.0 Å². The van der Waals surface area contributed by atoms with Gasteiger partial charge in [0.05, 0.1) is 6.04 Å². The van der Waals surface area contributed by atoms with E-state index in [0.717, 1.165) is 5.56 Å². The number of amides is 2. The van der Waals surface area contributed by atoms with E-state index in [-0.39, 0.29) is 12.0 Å². The topological polar surface area (TPSA) is 78.4 Å². The monoisotopic (exact) mass is 312 g/mol. The summed E-state index contributed by atoms with van der Waals surface area (Å²) in [6.45, 7) is 5.50. The summed E-state index contributed by atoms with van der Waals surface area (Å²) in [6.07, 6.45) is 0.671. The quantitative estimate of drug-likeness (QED) is 0.754. The molecule has 0 fully saturated rings. The van der Waals surface area contributed by atoms with Crippen molar-refractivity contribution < 1.29 is 14.7 Å². The molecule has 1 aromatic rings. The highest BCUT2D eigenvalue weighted by Crippen LogP contribution is 2.16. The molecule has 0 aliphatic carbocycles. The molecule has 0 spiro atoms. The van der Waals surface area contributed by atoms with Crippen molar-refractivity contribution in [1.82, 2.24) is 10.6 Å². The molecule has 0 aromatic heterocycles. The second-order valence-electron chi connectivity index (χ2n) is 5.09. The smallest absolute Gasteiger partial charge is 0.326 e. The Bertz CT molecular complexity index is 490. The Labute approximate surface area is 129 Å². The van der Waals surface area contributed by atoms with Gasteiger partial charge in [-0.05, 0) is 30.5 Å². The average Bonchev–Trinajstić information content (AvgIpc) is 2.44. The number of carbonyl (C=O) groups excluding carboxylic acids is 1. The van der Waals surface area contributed by atoms with Crippen LogP contribution in [0.3, 0.4) is 0 Å². The molecule has 0 saturated heterocycles. The predicted octanol–water partition coefficient (Wildman–Crippen LogP) is 3.20. The van der Waals surface area contributed by atoms with E-state index in [9.17, 15) is 9.59 Å². The number of halogens is 1. The van der Waals surface area contributed by atoms with Gasteiger partial charge in [0.2, 0.25) is 0 Å². The number of urea groups is 1. The van der Waals surface area contributed by atoms with Crippen LogP contribution in [0.5, 0.6) is 0 Å². The first kappa shape index (κ1) is 17.3. The van der Waals surface area contributed by atoms with Crippen LogP contribution in [0.2, 0.25) is 5.02 Å². The van der Waals surface area contributed by atoms with Crippen LogP contribution in [0.1, 0.15) is 38.8 Å². The summed E-state index contributed by atoms with van der Waals surface area (Å²) >= 11 is 5.81. The van der Waals surface area contributed by atoms with E-state index in [1.807, 2.05) is 26.0 Å². The third-order valence-corrected chi connectivity index (χ3v) is 3.74. The number of nitrogens with one attached hydrogen (secondary N) is 2. The Balaban J connectivity index is 2.63. The van der Waals surface area contributed by atoms with Crippen LogP contribution in [-0.2, 0) is 4.79 Å². The van der Waals surface area contributed by atoms with Gasteiger partial charge in [-0.25, -0.2) is 9.59 Å². The maximum Gasteiger partial charge on any atom is 0.326 e. The molecule has 0 saturated carbocycles.